The van der Waals surface area contributed by atoms with Crippen LogP contribution in [0.1, 0.15) is 19.0 Å². The molecule has 3 aromatic heterocycles. The highest BCUT2D eigenvalue weighted by molar-refractivity contribution is 6.05. The molecule has 29 heavy (non-hydrogen) atoms. The lowest BCUT2D eigenvalue weighted by atomic mass is 9.97. The van der Waals surface area contributed by atoms with Gasteiger partial charge in [0.2, 0.25) is 0 Å². The molecule has 0 unspecified atom stereocenters. The summed E-state index contributed by atoms with van der Waals surface area (Å²) < 4.78 is 0. The van der Waals surface area contributed by atoms with Crippen LogP contribution in [0, 0.1) is 6.92 Å². The van der Waals surface area contributed by atoms with E-state index in [1.807, 2.05) is 25.1 Å². The minimum absolute atomic E-state index is 0.244. The van der Waals surface area contributed by atoms with E-state index in [4.69, 9.17) is 4.98 Å². The standard InChI is InChI=1S/C21H21N7O/c1-14-11-15(5-7-23-14)16-3-4-17-19(25-16)28(21(2)6-10-27(17)13-21)20(29)26-18-12-22-8-9-24-18/h3-5,7-9,11-12H,6,10,13H2,1-2H3,(H,24,26,29)/t21-/m1/s1. The molecule has 8 heteroatoms. The van der Waals surface area contributed by atoms with Crippen molar-refractivity contribution in [2.45, 2.75) is 25.8 Å². The van der Waals surface area contributed by atoms with Crippen molar-refractivity contribution in [3.63, 3.8) is 0 Å². The molecule has 8 nitrogen and oxygen atoms in total. The number of aryl methyl sites for hydroxylation is 1. The van der Waals surface area contributed by atoms with Crippen molar-refractivity contribution >= 4 is 23.4 Å². The molecule has 0 radical (unpaired) electrons. The number of rotatable bonds is 2. The topological polar surface area (TPSA) is 87.1 Å². The molecule has 0 aliphatic carbocycles. The van der Waals surface area contributed by atoms with Gasteiger partial charge in [-0.3, -0.25) is 20.2 Å². The zero-order chi connectivity index (χ0) is 20.0. The molecule has 0 aromatic carbocycles. The molecule has 2 amide bonds. The number of amides is 2. The van der Waals surface area contributed by atoms with Crippen molar-refractivity contribution in [1.82, 2.24) is 19.9 Å². The zero-order valence-electron chi connectivity index (χ0n) is 16.3. The van der Waals surface area contributed by atoms with Gasteiger partial charge in [0.25, 0.3) is 0 Å². The van der Waals surface area contributed by atoms with E-state index in [0.717, 1.165) is 42.1 Å². The summed E-state index contributed by atoms with van der Waals surface area (Å²) >= 11 is 0. The van der Waals surface area contributed by atoms with E-state index in [2.05, 4.69) is 38.2 Å². The fourth-order valence-corrected chi connectivity index (χ4v) is 4.18. The molecule has 3 aromatic rings. The molecular formula is C21H21N7O. The summed E-state index contributed by atoms with van der Waals surface area (Å²) in [6.45, 7) is 5.74. The monoisotopic (exact) mass is 387 g/mol. The van der Waals surface area contributed by atoms with Crippen molar-refractivity contribution in [2.24, 2.45) is 0 Å². The van der Waals surface area contributed by atoms with Gasteiger partial charge in [-0.05, 0) is 44.5 Å². The Labute approximate surface area is 168 Å². The maximum atomic E-state index is 13.3. The van der Waals surface area contributed by atoms with Crippen molar-refractivity contribution in [2.75, 3.05) is 28.2 Å². The molecule has 0 spiro atoms. The fraction of sp³-hybridized carbons (Fsp3) is 0.286. The second-order valence-electron chi connectivity index (χ2n) is 7.75. The molecular weight excluding hydrogens is 366 g/mol. The van der Waals surface area contributed by atoms with Gasteiger partial charge in [-0.15, -0.1) is 0 Å². The summed E-state index contributed by atoms with van der Waals surface area (Å²) in [6, 6.07) is 7.75. The molecule has 2 bridgehead atoms. The lowest BCUT2D eigenvalue weighted by Crippen LogP contribution is -2.56. The molecule has 1 fully saturated rings. The number of hydrogen-bond donors (Lipinski definition) is 1. The average molecular weight is 387 g/mol. The number of nitrogens with zero attached hydrogens (tertiary/aromatic N) is 6. The number of hydrogen-bond acceptors (Lipinski definition) is 6. The second-order valence-corrected chi connectivity index (χ2v) is 7.75. The van der Waals surface area contributed by atoms with Crippen molar-refractivity contribution < 1.29 is 4.79 Å². The van der Waals surface area contributed by atoms with Crippen LogP contribution in [0.15, 0.2) is 49.1 Å². The van der Waals surface area contributed by atoms with Crippen molar-refractivity contribution in [1.29, 1.82) is 0 Å². The smallest absolute Gasteiger partial charge is 0.329 e. The highest BCUT2D eigenvalue weighted by Crippen LogP contribution is 2.45. The zero-order valence-corrected chi connectivity index (χ0v) is 16.3. The Hall–Kier alpha value is -3.55. The van der Waals surface area contributed by atoms with Gasteiger partial charge in [-0.1, -0.05) is 0 Å². The molecule has 2 aliphatic rings. The average Bonchev–Trinajstić information content (AvgIpc) is 3.06. The second kappa shape index (κ2) is 6.51. The van der Waals surface area contributed by atoms with E-state index < -0.39 is 0 Å². The number of aromatic nitrogens is 4. The van der Waals surface area contributed by atoms with Crippen LogP contribution >= 0.6 is 0 Å². The largest absolute Gasteiger partial charge is 0.366 e. The highest BCUT2D eigenvalue weighted by atomic mass is 16.2. The number of pyridine rings is 2. The number of carbonyl (C=O) groups is 1. The van der Waals surface area contributed by atoms with Gasteiger partial charge in [0.1, 0.15) is 0 Å². The molecule has 2 aliphatic heterocycles. The molecule has 1 saturated heterocycles. The van der Waals surface area contributed by atoms with E-state index in [1.54, 1.807) is 23.5 Å². The third-order valence-electron chi connectivity index (χ3n) is 5.59. The Bertz CT molecular complexity index is 1090. The van der Waals surface area contributed by atoms with Crippen LogP contribution in [0.5, 0.6) is 0 Å². The first kappa shape index (κ1) is 17.5. The number of nitrogens with one attached hydrogen (secondary N) is 1. The predicted molar refractivity (Wildman–Crippen MR) is 111 cm³/mol. The summed E-state index contributed by atoms with van der Waals surface area (Å²) in [5.74, 6) is 1.09. The Balaban J connectivity index is 1.58. The number of urea groups is 1. The van der Waals surface area contributed by atoms with Crippen LogP contribution < -0.4 is 15.1 Å². The summed E-state index contributed by atoms with van der Waals surface area (Å²) in [5, 5.41) is 2.87. The van der Waals surface area contributed by atoms with Gasteiger partial charge in [0.15, 0.2) is 11.6 Å². The van der Waals surface area contributed by atoms with Gasteiger partial charge in [0.05, 0.1) is 23.1 Å². The summed E-state index contributed by atoms with van der Waals surface area (Å²) in [6.07, 6.45) is 7.32. The Morgan fingerprint density at radius 1 is 1.17 bits per heavy atom. The lowest BCUT2D eigenvalue weighted by Gasteiger charge is -2.42. The third-order valence-corrected chi connectivity index (χ3v) is 5.59. The molecule has 0 saturated carbocycles. The quantitative estimate of drug-likeness (QED) is 0.726. The highest BCUT2D eigenvalue weighted by Gasteiger charge is 2.48. The lowest BCUT2D eigenvalue weighted by molar-refractivity contribution is 0.250. The SMILES string of the molecule is Cc1cc(-c2ccc3c(n2)N(C(=O)Nc2cnccn2)[C@]2(C)CCN3C2)ccn1. The van der Waals surface area contributed by atoms with E-state index >= 15 is 0 Å². The minimum atomic E-state index is -0.334. The normalized spacial score (nSPS) is 19.8. The first-order chi connectivity index (χ1) is 14.0. The Morgan fingerprint density at radius 2 is 2.07 bits per heavy atom. The van der Waals surface area contributed by atoms with Crippen LogP contribution in [0.3, 0.4) is 0 Å². The van der Waals surface area contributed by atoms with Gasteiger partial charge < -0.3 is 4.90 Å². The summed E-state index contributed by atoms with van der Waals surface area (Å²) in [7, 11) is 0. The van der Waals surface area contributed by atoms with Crippen LogP contribution in [-0.4, -0.2) is 44.6 Å². The Morgan fingerprint density at radius 3 is 2.86 bits per heavy atom. The van der Waals surface area contributed by atoms with Gasteiger partial charge in [-0.25, -0.2) is 14.8 Å². The number of anilines is 3. The molecule has 5 heterocycles. The molecule has 146 valence electrons. The van der Waals surface area contributed by atoms with Crippen molar-refractivity contribution in [3.8, 4) is 11.3 Å². The van der Waals surface area contributed by atoms with Gasteiger partial charge in [-0.2, -0.15) is 0 Å². The fourth-order valence-electron chi connectivity index (χ4n) is 4.18. The number of carbonyl (C=O) groups excluding carboxylic acids is 1. The first-order valence-corrected chi connectivity index (χ1v) is 9.60. The minimum Gasteiger partial charge on any atom is -0.366 e. The maximum Gasteiger partial charge on any atom is 0.329 e. The summed E-state index contributed by atoms with van der Waals surface area (Å²) in [4.78, 5) is 34.8. The maximum absolute atomic E-state index is 13.3. The Kier molecular flexibility index (Phi) is 3.94. The molecule has 1 atom stereocenters. The van der Waals surface area contributed by atoms with Gasteiger partial charge >= 0.3 is 6.03 Å². The van der Waals surface area contributed by atoms with E-state index in [9.17, 15) is 4.79 Å². The van der Waals surface area contributed by atoms with Crippen LogP contribution in [0.25, 0.3) is 11.3 Å². The van der Waals surface area contributed by atoms with Gasteiger partial charge in [0, 0.05) is 42.9 Å². The van der Waals surface area contributed by atoms with E-state index in [1.165, 1.54) is 6.20 Å². The molecule has 5 rings (SSSR count). The van der Waals surface area contributed by atoms with E-state index in [0.29, 0.717) is 11.6 Å². The first-order valence-electron chi connectivity index (χ1n) is 9.60. The molecule has 1 N–H and O–H groups in total. The van der Waals surface area contributed by atoms with Crippen molar-refractivity contribution in [3.05, 3.63) is 54.7 Å². The third kappa shape index (κ3) is 2.97. The van der Waals surface area contributed by atoms with Crippen LogP contribution in [-0.2, 0) is 0 Å². The predicted octanol–water partition coefficient (Wildman–Crippen LogP) is 3.26. The van der Waals surface area contributed by atoms with Crippen LogP contribution in [0.2, 0.25) is 0 Å². The van der Waals surface area contributed by atoms with E-state index in [-0.39, 0.29) is 11.6 Å². The van der Waals surface area contributed by atoms with Crippen LogP contribution in [0.4, 0.5) is 22.1 Å². The summed E-state index contributed by atoms with van der Waals surface area (Å²) in [5.41, 5.74) is 3.36. The number of fused-ring (bicyclic) bond motifs is 4.